The quantitative estimate of drug-likeness (QED) is 0.602. The first-order valence-corrected chi connectivity index (χ1v) is 10.0. The number of ether oxygens (including phenoxy) is 2. The fraction of sp³-hybridized carbons (Fsp3) is 0.455. The molecule has 0 spiro atoms. The maximum atomic E-state index is 6.60. The smallest absolute Gasteiger partial charge is 0.122 e. The van der Waals surface area contributed by atoms with Crippen molar-refractivity contribution in [2.45, 2.75) is 49.7 Å². The average molecular weight is 380 g/mol. The van der Waals surface area contributed by atoms with E-state index in [1.807, 2.05) is 36.4 Å². The van der Waals surface area contributed by atoms with Crippen LogP contribution in [-0.2, 0) is 0 Å². The van der Waals surface area contributed by atoms with Gasteiger partial charge in [-0.05, 0) is 68.2 Å². The molecular weight excluding hydrogens is 352 g/mol. The monoisotopic (exact) mass is 380 g/mol. The third-order valence-corrected chi connectivity index (χ3v) is 6.74. The molecule has 2 aromatic rings. The topological polar surface area (TPSA) is 123 Å². The van der Waals surface area contributed by atoms with Gasteiger partial charge >= 0.3 is 0 Å². The lowest BCUT2D eigenvalue weighted by Crippen LogP contribution is -2.63. The lowest BCUT2D eigenvalue weighted by molar-refractivity contribution is -0.177. The normalized spacial score (nSPS) is 33.0. The molecule has 148 valence electrons. The number of hydrogen-bond acceptors (Lipinski definition) is 6. The maximum Gasteiger partial charge on any atom is 0.122 e. The molecule has 0 unspecified atom stereocenters. The zero-order valence-corrected chi connectivity index (χ0v) is 16.0. The standard InChI is InChI=1S/C22H28N4O2/c23-17-3-1-15(6-19(17)25)27-21-8-13-5-14(9-21)11-22(10-13,12-21)28-16-2-4-18(24)20(26)7-16/h1-4,6-7,13-14H,5,8-12,23-26H2. The molecule has 0 aromatic heterocycles. The average Bonchev–Trinajstić information content (AvgIpc) is 2.60. The van der Waals surface area contributed by atoms with E-state index in [2.05, 4.69) is 0 Å². The number of anilines is 4. The van der Waals surface area contributed by atoms with Gasteiger partial charge in [0.2, 0.25) is 0 Å². The van der Waals surface area contributed by atoms with Crippen LogP contribution < -0.4 is 32.4 Å². The largest absolute Gasteiger partial charge is 0.487 e. The van der Waals surface area contributed by atoms with Crippen LogP contribution in [0.4, 0.5) is 22.7 Å². The van der Waals surface area contributed by atoms with Crippen molar-refractivity contribution < 1.29 is 9.47 Å². The van der Waals surface area contributed by atoms with E-state index in [-0.39, 0.29) is 11.2 Å². The van der Waals surface area contributed by atoms with E-state index in [0.29, 0.717) is 34.6 Å². The molecule has 0 saturated heterocycles. The summed E-state index contributed by atoms with van der Waals surface area (Å²) in [7, 11) is 0. The molecule has 8 N–H and O–H groups in total. The zero-order valence-electron chi connectivity index (χ0n) is 16.0. The van der Waals surface area contributed by atoms with Crippen LogP contribution in [-0.4, -0.2) is 11.2 Å². The molecule has 4 bridgehead atoms. The summed E-state index contributed by atoms with van der Waals surface area (Å²) in [5.74, 6) is 2.83. The predicted octanol–water partition coefficient (Wildman–Crippen LogP) is 3.56. The summed E-state index contributed by atoms with van der Waals surface area (Å²) in [6.07, 6.45) is 6.43. The van der Waals surface area contributed by atoms with Crippen molar-refractivity contribution in [2.24, 2.45) is 11.8 Å². The second kappa shape index (κ2) is 5.87. The van der Waals surface area contributed by atoms with Crippen LogP contribution in [0.15, 0.2) is 36.4 Å². The summed E-state index contributed by atoms with van der Waals surface area (Å²) in [4.78, 5) is 0. The van der Waals surface area contributed by atoms with Gasteiger partial charge in [-0.2, -0.15) is 0 Å². The Kier molecular flexibility index (Phi) is 3.63. The fourth-order valence-electron chi connectivity index (χ4n) is 6.07. The van der Waals surface area contributed by atoms with Gasteiger partial charge in [-0.3, -0.25) is 0 Å². The molecule has 0 heterocycles. The Balaban J connectivity index is 1.43. The van der Waals surface area contributed by atoms with Crippen LogP contribution in [0.3, 0.4) is 0 Å². The summed E-state index contributed by atoms with van der Waals surface area (Å²) in [5, 5.41) is 0. The summed E-state index contributed by atoms with van der Waals surface area (Å²) in [6.45, 7) is 0. The second-order valence-corrected chi connectivity index (χ2v) is 9.11. The molecule has 4 aliphatic carbocycles. The molecule has 0 aliphatic heterocycles. The van der Waals surface area contributed by atoms with Crippen molar-refractivity contribution in [2.75, 3.05) is 22.9 Å². The Labute approximate surface area is 165 Å². The van der Waals surface area contributed by atoms with Gasteiger partial charge in [0.15, 0.2) is 0 Å². The van der Waals surface area contributed by atoms with Crippen molar-refractivity contribution in [3.8, 4) is 11.5 Å². The van der Waals surface area contributed by atoms with Gasteiger partial charge in [-0.15, -0.1) is 0 Å². The van der Waals surface area contributed by atoms with Crippen molar-refractivity contribution in [3.63, 3.8) is 0 Å². The molecule has 0 atom stereocenters. The Bertz CT molecular complexity index is 843. The molecule has 6 rings (SSSR count). The molecule has 4 aliphatic rings. The van der Waals surface area contributed by atoms with Gasteiger partial charge in [0, 0.05) is 18.6 Å². The first-order valence-electron chi connectivity index (χ1n) is 10.0. The Hall–Kier alpha value is -2.76. The Morgan fingerprint density at radius 3 is 1.46 bits per heavy atom. The number of nitrogen functional groups attached to an aromatic ring is 4. The summed E-state index contributed by atoms with van der Waals surface area (Å²) in [6, 6.07) is 11.1. The summed E-state index contributed by atoms with van der Waals surface area (Å²) >= 11 is 0. The number of benzene rings is 2. The van der Waals surface area contributed by atoms with E-state index in [4.69, 9.17) is 32.4 Å². The van der Waals surface area contributed by atoms with Gasteiger partial charge in [0.25, 0.3) is 0 Å². The van der Waals surface area contributed by atoms with Gasteiger partial charge in [0.1, 0.15) is 22.7 Å². The highest BCUT2D eigenvalue weighted by Gasteiger charge is 2.60. The summed E-state index contributed by atoms with van der Waals surface area (Å²) in [5.41, 5.74) is 25.6. The van der Waals surface area contributed by atoms with Crippen LogP contribution in [0, 0.1) is 11.8 Å². The zero-order chi connectivity index (χ0) is 19.5. The van der Waals surface area contributed by atoms with Crippen molar-refractivity contribution in [1.29, 1.82) is 0 Å². The molecule has 2 aromatic carbocycles. The Morgan fingerprint density at radius 1 is 0.643 bits per heavy atom. The van der Waals surface area contributed by atoms with Crippen molar-refractivity contribution >= 4 is 22.7 Å². The lowest BCUT2D eigenvalue weighted by Gasteiger charge is -2.60. The second-order valence-electron chi connectivity index (χ2n) is 9.11. The minimum atomic E-state index is -0.202. The molecular formula is C22H28N4O2. The lowest BCUT2D eigenvalue weighted by atomic mass is 9.52. The maximum absolute atomic E-state index is 6.60. The molecule has 0 radical (unpaired) electrons. The highest BCUT2D eigenvalue weighted by molar-refractivity contribution is 5.66. The number of nitrogens with two attached hydrogens (primary N) is 4. The highest BCUT2D eigenvalue weighted by Crippen LogP contribution is 2.60. The first kappa shape index (κ1) is 17.3. The van der Waals surface area contributed by atoms with Gasteiger partial charge in [-0.25, -0.2) is 0 Å². The minimum absolute atomic E-state index is 0.202. The van der Waals surface area contributed by atoms with E-state index >= 15 is 0 Å². The minimum Gasteiger partial charge on any atom is -0.487 e. The molecule has 6 nitrogen and oxygen atoms in total. The van der Waals surface area contributed by atoms with E-state index in [0.717, 1.165) is 43.6 Å². The van der Waals surface area contributed by atoms with Crippen LogP contribution in [0.25, 0.3) is 0 Å². The van der Waals surface area contributed by atoms with E-state index in [9.17, 15) is 0 Å². The SMILES string of the molecule is Nc1ccc(OC23CC4CC(C2)CC(Oc2ccc(N)c(N)c2)(C4)C3)cc1N. The van der Waals surface area contributed by atoms with Crippen LogP contribution >= 0.6 is 0 Å². The van der Waals surface area contributed by atoms with E-state index in [1.54, 1.807) is 0 Å². The van der Waals surface area contributed by atoms with Crippen LogP contribution in [0.2, 0.25) is 0 Å². The van der Waals surface area contributed by atoms with E-state index < -0.39 is 0 Å². The van der Waals surface area contributed by atoms with Gasteiger partial charge in [-0.1, -0.05) is 0 Å². The number of rotatable bonds is 4. The van der Waals surface area contributed by atoms with Gasteiger partial charge in [0.05, 0.1) is 22.7 Å². The van der Waals surface area contributed by atoms with Crippen LogP contribution in [0.1, 0.15) is 38.5 Å². The molecule has 0 amide bonds. The first-order chi connectivity index (χ1) is 13.3. The number of hydrogen-bond donors (Lipinski definition) is 4. The van der Waals surface area contributed by atoms with Gasteiger partial charge < -0.3 is 32.4 Å². The molecule has 6 heteroatoms. The third kappa shape index (κ3) is 2.87. The van der Waals surface area contributed by atoms with Crippen molar-refractivity contribution in [1.82, 2.24) is 0 Å². The van der Waals surface area contributed by atoms with Crippen LogP contribution in [0.5, 0.6) is 11.5 Å². The molecule has 28 heavy (non-hydrogen) atoms. The van der Waals surface area contributed by atoms with E-state index in [1.165, 1.54) is 6.42 Å². The molecule has 4 fully saturated rings. The highest BCUT2D eigenvalue weighted by atomic mass is 16.5. The summed E-state index contributed by atoms with van der Waals surface area (Å²) < 4.78 is 13.2. The predicted molar refractivity (Wildman–Crippen MR) is 112 cm³/mol. The fourth-order valence-corrected chi connectivity index (χ4v) is 6.07. The van der Waals surface area contributed by atoms with Crippen molar-refractivity contribution in [3.05, 3.63) is 36.4 Å². The molecule has 4 saturated carbocycles. The third-order valence-electron chi connectivity index (χ3n) is 6.74. The Morgan fingerprint density at radius 2 is 1.07 bits per heavy atom.